The van der Waals surface area contributed by atoms with Gasteiger partial charge in [0.2, 0.25) is 5.91 Å². The number of amides is 2. The molecule has 0 atom stereocenters. The first kappa shape index (κ1) is 18.7. The van der Waals surface area contributed by atoms with Gasteiger partial charge in [0.15, 0.2) is 6.61 Å². The van der Waals surface area contributed by atoms with Crippen molar-refractivity contribution in [1.29, 1.82) is 0 Å². The molecule has 2 aliphatic rings. The molecular formula is C21H30N2O3. The Bertz CT molecular complexity index is 617. The van der Waals surface area contributed by atoms with E-state index < -0.39 is 0 Å². The Balaban J connectivity index is 1.51. The van der Waals surface area contributed by atoms with Crippen LogP contribution in [0, 0.1) is 5.92 Å². The number of anilines is 1. The number of carbonyl (C=O) groups is 2. The van der Waals surface area contributed by atoms with Gasteiger partial charge in [0, 0.05) is 23.7 Å². The summed E-state index contributed by atoms with van der Waals surface area (Å²) in [4.78, 5) is 26.5. The zero-order chi connectivity index (χ0) is 18.5. The van der Waals surface area contributed by atoms with Crippen LogP contribution in [-0.4, -0.2) is 35.4 Å². The maximum atomic E-state index is 12.7. The normalized spacial score (nSPS) is 17.8. The molecular weight excluding hydrogens is 328 g/mol. The monoisotopic (exact) mass is 358 g/mol. The molecule has 1 N–H and O–H groups in total. The third-order valence-corrected chi connectivity index (χ3v) is 5.24. The molecule has 2 saturated carbocycles. The van der Waals surface area contributed by atoms with Crippen LogP contribution in [0.15, 0.2) is 24.3 Å². The molecule has 1 aromatic carbocycles. The molecule has 0 unspecified atom stereocenters. The van der Waals surface area contributed by atoms with Crippen LogP contribution < -0.4 is 10.1 Å². The SMILES string of the molecule is CC(C)N(C(=O)COc1ccc(NC(=O)C2CC2)cc1)C1CCCCC1. The van der Waals surface area contributed by atoms with E-state index in [1.54, 1.807) is 12.1 Å². The van der Waals surface area contributed by atoms with E-state index in [2.05, 4.69) is 19.2 Å². The van der Waals surface area contributed by atoms with E-state index in [0.29, 0.717) is 11.8 Å². The zero-order valence-corrected chi connectivity index (χ0v) is 15.9. The average molecular weight is 358 g/mol. The van der Waals surface area contributed by atoms with Crippen molar-refractivity contribution in [2.75, 3.05) is 11.9 Å². The molecule has 0 saturated heterocycles. The summed E-state index contributed by atoms with van der Waals surface area (Å²) in [5, 5.41) is 2.90. The van der Waals surface area contributed by atoms with Gasteiger partial charge in [0.25, 0.3) is 5.91 Å². The van der Waals surface area contributed by atoms with Crippen LogP contribution in [0.4, 0.5) is 5.69 Å². The smallest absolute Gasteiger partial charge is 0.260 e. The topological polar surface area (TPSA) is 58.6 Å². The van der Waals surface area contributed by atoms with Crippen LogP contribution in [0.3, 0.4) is 0 Å². The lowest BCUT2D eigenvalue weighted by molar-refractivity contribution is -0.138. The second-order valence-corrected chi connectivity index (χ2v) is 7.76. The highest BCUT2D eigenvalue weighted by atomic mass is 16.5. The molecule has 3 rings (SSSR count). The van der Waals surface area contributed by atoms with Crippen LogP contribution >= 0.6 is 0 Å². The van der Waals surface area contributed by atoms with E-state index in [4.69, 9.17) is 4.74 Å². The second-order valence-electron chi connectivity index (χ2n) is 7.76. The third-order valence-electron chi connectivity index (χ3n) is 5.24. The summed E-state index contributed by atoms with van der Waals surface area (Å²) >= 11 is 0. The first-order valence-corrected chi connectivity index (χ1v) is 9.89. The fraction of sp³-hybridized carbons (Fsp3) is 0.619. The van der Waals surface area contributed by atoms with Gasteiger partial charge in [-0.1, -0.05) is 19.3 Å². The number of hydrogen-bond acceptors (Lipinski definition) is 3. The van der Waals surface area contributed by atoms with E-state index in [1.807, 2.05) is 17.0 Å². The molecule has 26 heavy (non-hydrogen) atoms. The molecule has 0 aromatic heterocycles. The Morgan fingerprint density at radius 1 is 1.08 bits per heavy atom. The zero-order valence-electron chi connectivity index (χ0n) is 15.9. The van der Waals surface area contributed by atoms with Crippen LogP contribution in [0.25, 0.3) is 0 Å². The van der Waals surface area contributed by atoms with Gasteiger partial charge in [-0.2, -0.15) is 0 Å². The van der Waals surface area contributed by atoms with E-state index >= 15 is 0 Å². The first-order valence-electron chi connectivity index (χ1n) is 9.89. The summed E-state index contributed by atoms with van der Waals surface area (Å²) in [7, 11) is 0. The van der Waals surface area contributed by atoms with Gasteiger partial charge < -0.3 is 15.0 Å². The van der Waals surface area contributed by atoms with Crippen molar-refractivity contribution in [3.8, 4) is 5.75 Å². The van der Waals surface area contributed by atoms with Gasteiger partial charge >= 0.3 is 0 Å². The Morgan fingerprint density at radius 3 is 2.31 bits per heavy atom. The lowest BCUT2D eigenvalue weighted by atomic mass is 9.93. The molecule has 2 fully saturated rings. The summed E-state index contributed by atoms with van der Waals surface area (Å²) < 4.78 is 5.71. The van der Waals surface area contributed by atoms with E-state index in [9.17, 15) is 9.59 Å². The molecule has 0 aliphatic heterocycles. The number of nitrogens with one attached hydrogen (secondary N) is 1. The number of carbonyl (C=O) groups excluding carboxylic acids is 2. The molecule has 2 amide bonds. The van der Waals surface area contributed by atoms with Gasteiger partial charge in [-0.05, 0) is 63.8 Å². The third kappa shape index (κ3) is 4.99. The van der Waals surface area contributed by atoms with Crippen molar-refractivity contribution in [3.05, 3.63) is 24.3 Å². The van der Waals surface area contributed by atoms with Crippen molar-refractivity contribution in [2.24, 2.45) is 5.92 Å². The Labute approximate surface area is 156 Å². The fourth-order valence-corrected chi connectivity index (χ4v) is 3.72. The standard InChI is InChI=1S/C21H30N2O3/c1-15(2)23(18-6-4-3-5-7-18)20(24)14-26-19-12-10-17(11-13-19)22-21(25)16-8-9-16/h10-13,15-16,18H,3-9,14H2,1-2H3,(H,22,25). The highest BCUT2D eigenvalue weighted by Gasteiger charge is 2.29. The summed E-state index contributed by atoms with van der Waals surface area (Å²) in [6.07, 6.45) is 7.85. The van der Waals surface area contributed by atoms with Gasteiger partial charge in [0.1, 0.15) is 5.75 Å². The van der Waals surface area contributed by atoms with E-state index in [1.165, 1.54) is 19.3 Å². The Kier molecular flexibility index (Phi) is 6.17. The number of hydrogen-bond donors (Lipinski definition) is 1. The predicted molar refractivity (Wildman–Crippen MR) is 102 cm³/mol. The molecule has 142 valence electrons. The molecule has 2 aliphatic carbocycles. The van der Waals surface area contributed by atoms with Crippen LogP contribution in [0.5, 0.6) is 5.75 Å². The van der Waals surface area contributed by atoms with Gasteiger partial charge in [0.05, 0.1) is 0 Å². The minimum absolute atomic E-state index is 0.0537. The number of ether oxygens (including phenoxy) is 1. The lowest BCUT2D eigenvalue weighted by Gasteiger charge is -2.37. The average Bonchev–Trinajstić information content (AvgIpc) is 3.47. The second kappa shape index (κ2) is 8.56. The molecule has 0 spiro atoms. The minimum atomic E-state index is 0.0537. The summed E-state index contributed by atoms with van der Waals surface area (Å²) in [5.74, 6) is 0.979. The van der Waals surface area contributed by atoms with Crippen molar-refractivity contribution in [2.45, 2.75) is 70.9 Å². The minimum Gasteiger partial charge on any atom is -0.484 e. The van der Waals surface area contributed by atoms with Crippen molar-refractivity contribution >= 4 is 17.5 Å². The van der Waals surface area contributed by atoms with Crippen LogP contribution in [0.2, 0.25) is 0 Å². The maximum Gasteiger partial charge on any atom is 0.260 e. The van der Waals surface area contributed by atoms with E-state index in [-0.39, 0.29) is 30.4 Å². The van der Waals surface area contributed by atoms with Crippen LogP contribution in [-0.2, 0) is 9.59 Å². The number of benzene rings is 1. The number of nitrogens with zero attached hydrogens (tertiary/aromatic N) is 1. The van der Waals surface area contributed by atoms with E-state index in [0.717, 1.165) is 31.4 Å². The van der Waals surface area contributed by atoms with Crippen molar-refractivity contribution in [1.82, 2.24) is 4.90 Å². The summed E-state index contributed by atoms with van der Waals surface area (Å²) in [6, 6.07) is 7.78. The fourth-order valence-electron chi connectivity index (χ4n) is 3.72. The molecule has 5 nitrogen and oxygen atoms in total. The quantitative estimate of drug-likeness (QED) is 0.802. The largest absolute Gasteiger partial charge is 0.484 e. The highest BCUT2D eigenvalue weighted by molar-refractivity contribution is 5.94. The molecule has 1 aromatic rings. The lowest BCUT2D eigenvalue weighted by Crippen LogP contribution is -2.47. The molecule has 0 radical (unpaired) electrons. The predicted octanol–water partition coefficient (Wildman–Crippen LogP) is 3.98. The van der Waals surface area contributed by atoms with Crippen LogP contribution in [0.1, 0.15) is 58.8 Å². The Morgan fingerprint density at radius 2 is 1.73 bits per heavy atom. The Hall–Kier alpha value is -2.04. The van der Waals surface area contributed by atoms with Gasteiger partial charge in [-0.15, -0.1) is 0 Å². The summed E-state index contributed by atoms with van der Waals surface area (Å²) in [5.41, 5.74) is 0.770. The maximum absolute atomic E-state index is 12.7. The van der Waals surface area contributed by atoms with Gasteiger partial charge in [-0.25, -0.2) is 0 Å². The van der Waals surface area contributed by atoms with Crippen molar-refractivity contribution < 1.29 is 14.3 Å². The molecule has 0 heterocycles. The number of rotatable bonds is 7. The highest BCUT2D eigenvalue weighted by Crippen LogP contribution is 2.30. The summed E-state index contributed by atoms with van der Waals surface area (Å²) in [6.45, 7) is 4.20. The molecule has 0 bridgehead atoms. The first-order chi connectivity index (χ1) is 12.5. The van der Waals surface area contributed by atoms with Crippen molar-refractivity contribution in [3.63, 3.8) is 0 Å². The van der Waals surface area contributed by atoms with Gasteiger partial charge in [-0.3, -0.25) is 9.59 Å². The molecule has 5 heteroatoms.